The van der Waals surface area contributed by atoms with E-state index in [2.05, 4.69) is 16.9 Å². The molecule has 0 spiro atoms. The van der Waals surface area contributed by atoms with Gasteiger partial charge in [0.15, 0.2) is 0 Å². The fourth-order valence-electron chi connectivity index (χ4n) is 3.00. The van der Waals surface area contributed by atoms with Crippen LogP contribution in [0.3, 0.4) is 0 Å². The maximum Gasteiger partial charge on any atom is 0.0640 e. The molecule has 0 saturated heterocycles. The third kappa shape index (κ3) is 4.91. The fraction of sp³-hybridized carbons (Fsp3) is 0.812. The first-order valence-corrected chi connectivity index (χ1v) is 8.17. The normalized spacial score (nSPS) is 18.3. The Kier molecular flexibility index (Phi) is 6.54. The molecule has 114 valence electrons. The number of rotatable bonds is 8. The van der Waals surface area contributed by atoms with Gasteiger partial charge in [0, 0.05) is 31.9 Å². The molecule has 1 aliphatic carbocycles. The van der Waals surface area contributed by atoms with Gasteiger partial charge in [-0.1, -0.05) is 19.3 Å². The number of ether oxygens (including phenoxy) is 1. The summed E-state index contributed by atoms with van der Waals surface area (Å²) in [6, 6.07) is 2.95. The first-order valence-electron chi connectivity index (χ1n) is 8.17. The molecule has 4 nitrogen and oxygen atoms in total. The molecule has 1 atom stereocenters. The van der Waals surface area contributed by atoms with Gasteiger partial charge in [-0.3, -0.25) is 4.68 Å². The first kappa shape index (κ1) is 15.5. The average molecular weight is 279 g/mol. The number of nitrogens with zero attached hydrogens (tertiary/aromatic N) is 2. The minimum absolute atomic E-state index is 0.199. The van der Waals surface area contributed by atoms with E-state index in [-0.39, 0.29) is 6.04 Å². The summed E-state index contributed by atoms with van der Waals surface area (Å²) in [6.07, 6.45) is 11.7. The van der Waals surface area contributed by atoms with Crippen molar-refractivity contribution in [2.24, 2.45) is 5.73 Å². The Labute approximate surface area is 122 Å². The predicted molar refractivity (Wildman–Crippen MR) is 81.8 cm³/mol. The summed E-state index contributed by atoms with van der Waals surface area (Å²) >= 11 is 0. The number of hydrogen-bond donors (Lipinski definition) is 1. The van der Waals surface area contributed by atoms with Crippen LogP contribution in [0.2, 0.25) is 0 Å². The molecule has 2 N–H and O–H groups in total. The molecule has 1 aromatic heterocycles. The van der Waals surface area contributed by atoms with Crippen molar-refractivity contribution in [3.8, 4) is 0 Å². The Hall–Kier alpha value is -0.870. The van der Waals surface area contributed by atoms with Gasteiger partial charge in [0.1, 0.15) is 0 Å². The summed E-state index contributed by atoms with van der Waals surface area (Å²) in [7, 11) is 0. The molecule has 4 heteroatoms. The molecule has 1 unspecified atom stereocenters. The Morgan fingerprint density at radius 3 is 2.95 bits per heavy atom. The molecule has 0 aromatic carbocycles. The fourth-order valence-corrected chi connectivity index (χ4v) is 3.00. The van der Waals surface area contributed by atoms with Crippen molar-refractivity contribution in [3.63, 3.8) is 0 Å². The van der Waals surface area contributed by atoms with Crippen LogP contribution in [0, 0.1) is 0 Å². The predicted octanol–water partition coefficient (Wildman–Crippen LogP) is 3.07. The van der Waals surface area contributed by atoms with Crippen molar-refractivity contribution in [3.05, 3.63) is 18.0 Å². The summed E-state index contributed by atoms with van der Waals surface area (Å²) in [6.45, 7) is 3.64. The monoisotopic (exact) mass is 279 g/mol. The van der Waals surface area contributed by atoms with E-state index >= 15 is 0 Å². The lowest BCUT2D eigenvalue weighted by molar-refractivity contribution is 0.142. The summed E-state index contributed by atoms with van der Waals surface area (Å²) < 4.78 is 7.51. The second-order valence-corrected chi connectivity index (χ2v) is 5.88. The summed E-state index contributed by atoms with van der Waals surface area (Å²) in [5.41, 5.74) is 7.31. The van der Waals surface area contributed by atoms with Crippen molar-refractivity contribution < 1.29 is 4.74 Å². The maximum absolute atomic E-state index is 6.17. The van der Waals surface area contributed by atoms with Crippen LogP contribution in [0.4, 0.5) is 0 Å². The summed E-state index contributed by atoms with van der Waals surface area (Å²) in [5.74, 6) is 0. The van der Waals surface area contributed by atoms with Gasteiger partial charge in [-0.2, -0.15) is 5.10 Å². The molecule has 0 bridgehead atoms. The lowest BCUT2D eigenvalue weighted by Crippen LogP contribution is -2.23. The molecule has 1 aliphatic rings. The van der Waals surface area contributed by atoms with E-state index in [1.54, 1.807) is 0 Å². The third-order valence-corrected chi connectivity index (χ3v) is 4.15. The van der Waals surface area contributed by atoms with Crippen molar-refractivity contribution in [2.45, 2.75) is 70.4 Å². The van der Waals surface area contributed by atoms with Gasteiger partial charge in [0.25, 0.3) is 0 Å². The van der Waals surface area contributed by atoms with E-state index < -0.39 is 0 Å². The highest BCUT2D eigenvalue weighted by atomic mass is 16.5. The molecule has 0 amide bonds. The Balaban J connectivity index is 1.74. The molecule has 0 radical (unpaired) electrons. The van der Waals surface area contributed by atoms with E-state index in [1.165, 1.54) is 32.1 Å². The van der Waals surface area contributed by atoms with Gasteiger partial charge in [-0.05, 0) is 38.7 Å². The highest BCUT2D eigenvalue weighted by molar-refractivity contribution is 5.02. The van der Waals surface area contributed by atoms with Gasteiger partial charge in [0.2, 0.25) is 0 Å². The van der Waals surface area contributed by atoms with Crippen LogP contribution in [0.15, 0.2) is 12.3 Å². The van der Waals surface area contributed by atoms with E-state index in [0.29, 0.717) is 6.04 Å². The van der Waals surface area contributed by atoms with Crippen molar-refractivity contribution in [1.82, 2.24) is 9.78 Å². The Morgan fingerprint density at radius 2 is 2.20 bits per heavy atom. The highest BCUT2D eigenvalue weighted by Crippen LogP contribution is 2.27. The minimum atomic E-state index is 0.199. The molecule has 1 heterocycles. The summed E-state index contributed by atoms with van der Waals surface area (Å²) in [4.78, 5) is 0. The zero-order chi connectivity index (χ0) is 14.2. The van der Waals surface area contributed by atoms with Crippen molar-refractivity contribution in [1.29, 1.82) is 0 Å². The number of aromatic nitrogens is 2. The molecular weight excluding hydrogens is 250 g/mol. The molecule has 1 saturated carbocycles. The van der Waals surface area contributed by atoms with Gasteiger partial charge in [-0.25, -0.2) is 0 Å². The third-order valence-electron chi connectivity index (χ3n) is 4.15. The smallest absolute Gasteiger partial charge is 0.0640 e. The van der Waals surface area contributed by atoms with Crippen LogP contribution in [-0.4, -0.2) is 29.0 Å². The van der Waals surface area contributed by atoms with E-state index in [4.69, 9.17) is 15.6 Å². The molecule has 1 aromatic rings. The highest BCUT2D eigenvalue weighted by Gasteiger charge is 2.16. The van der Waals surface area contributed by atoms with Crippen LogP contribution in [0.1, 0.15) is 63.6 Å². The zero-order valence-corrected chi connectivity index (χ0v) is 12.8. The molecule has 1 fully saturated rings. The van der Waals surface area contributed by atoms with E-state index in [0.717, 1.165) is 38.2 Å². The quantitative estimate of drug-likeness (QED) is 0.744. The second kappa shape index (κ2) is 8.42. The number of nitrogens with two attached hydrogens (primary N) is 1. The first-order chi connectivity index (χ1) is 9.79. The SMILES string of the molecule is CCOCCCC(N)Cc1ccn(C2CCCCC2)n1. The minimum Gasteiger partial charge on any atom is -0.382 e. The molecular formula is C16H29N3O. The van der Waals surface area contributed by atoms with E-state index in [1.807, 2.05) is 6.92 Å². The van der Waals surface area contributed by atoms with Gasteiger partial charge in [-0.15, -0.1) is 0 Å². The van der Waals surface area contributed by atoms with Crippen LogP contribution in [0.25, 0.3) is 0 Å². The molecule has 0 aliphatic heterocycles. The van der Waals surface area contributed by atoms with Crippen molar-refractivity contribution >= 4 is 0 Å². The van der Waals surface area contributed by atoms with Gasteiger partial charge >= 0.3 is 0 Å². The lowest BCUT2D eigenvalue weighted by Gasteiger charge is -2.21. The van der Waals surface area contributed by atoms with Crippen LogP contribution in [0.5, 0.6) is 0 Å². The second-order valence-electron chi connectivity index (χ2n) is 5.88. The standard InChI is InChI=1S/C16H29N3O/c1-2-20-12-6-7-14(17)13-15-10-11-19(18-15)16-8-4-3-5-9-16/h10-11,14,16H,2-9,12-13,17H2,1H3. The maximum atomic E-state index is 6.17. The average Bonchev–Trinajstić information content (AvgIpc) is 2.93. The van der Waals surface area contributed by atoms with Gasteiger partial charge < -0.3 is 10.5 Å². The Morgan fingerprint density at radius 1 is 1.40 bits per heavy atom. The molecule has 2 rings (SSSR count). The molecule has 20 heavy (non-hydrogen) atoms. The van der Waals surface area contributed by atoms with Crippen LogP contribution >= 0.6 is 0 Å². The lowest BCUT2D eigenvalue weighted by atomic mass is 9.96. The van der Waals surface area contributed by atoms with Crippen LogP contribution < -0.4 is 5.73 Å². The topological polar surface area (TPSA) is 53.1 Å². The number of hydrogen-bond acceptors (Lipinski definition) is 3. The van der Waals surface area contributed by atoms with Crippen molar-refractivity contribution in [2.75, 3.05) is 13.2 Å². The summed E-state index contributed by atoms with van der Waals surface area (Å²) in [5, 5.41) is 4.72. The van der Waals surface area contributed by atoms with E-state index in [9.17, 15) is 0 Å². The Bertz CT molecular complexity index is 372. The zero-order valence-electron chi connectivity index (χ0n) is 12.8. The van der Waals surface area contributed by atoms with Crippen LogP contribution in [-0.2, 0) is 11.2 Å². The van der Waals surface area contributed by atoms with Gasteiger partial charge in [0.05, 0.1) is 11.7 Å². The largest absolute Gasteiger partial charge is 0.382 e.